The van der Waals surface area contributed by atoms with Gasteiger partial charge in [0.05, 0.1) is 12.1 Å². The van der Waals surface area contributed by atoms with E-state index >= 15 is 0 Å². The van der Waals surface area contributed by atoms with Crippen molar-refractivity contribution in [3.05, 3.63) is 65.2 Å². The third kappa shape index (κ3) is 4.51. The topological polar surface area (TPSA) is 90.5 Å². The second-order valence-corrected chi connectivity index (χ2v) is 7.82. The molecule has 0 heterocycles. The molecule has 0 radical (unpaired) electrons. The molecule has 2 aromatic rings. The summed E-state index contributed by atoms with van der Waals surface area (Å²) in [5.41, 5.74) is 2.82. The van der Waals surface area contributed by atoms with Crippen LogP contribution in [0.5, 0.6) is 0 Å². The molecule has 0 bridgehead atoms. The molecular formula is C22H27N3O3. The zero-order chi connectivity index (χ0) is 20.3. The fourth-order valence-electron chi connectivity index (χ4n) is 3.23. The standard InChI is InChI=1S/C22H27N3O3/c1-4-22(2,3)25-20(27)14-9-11-16(12-10-14)23-21(28)24-19-17-8-6-5-7-15(17)13-18(19)26/h5-12,18-19,26H,4,13H2,1-3H3,(H,25,27)(H2,23,24,28)/t18-,19+/m0/s1. The number of anilines is 1. The minimum absolute atomic E-state index is 0.145. The number of amides is 3. The Kier molecular flexibility index (Phi) is 5.70. The summed E-state index contributed by atoms with van der Waals surface area (Å²) >= 11 is 0. The molecule has 3 rings (SSSR count). The lowest BCUT2D eigenvalue weighted by Gasteiger charge is -2.24. The maximum Gasteiger partial charge on any atom is 0.319 e. The minimum atomic E-state index is -0.642. The van der Waals surface area contributed by atoms with Crippen molar-refractivity contribution in [2.24, 2.45) is 0 Å². The van der Waals surface area contributed by atoms with E-state index in [0.717, 1.165) is 17.5 Å². The fraction of sp³-hybridized carbons (Fsp3) is 0.364. The maximum atomic E-state index is 12.4. The van der Waals surface area contributed by atoms with Crippen molar-refractivity contribution in [1.82, 2.24) is 10.6 Å². The van der Waals surface area contributed by atoms with Gasteiger partial charge in [0.15, 0.2) is 0 Å². The number of rotatable bonds is 5. The SMILES string of the molecule is CCC(C)(C)NC(=O)c1ccc(NC(=O)N[C@@H]2c3ccccc3C[C@@H]2O)cc1. The number of carbonyl (C=O) groups is 2. The molecule has 2 atom stereocenters. The summed E-state index contributed by atoms with van der Waals surface area (Å²) in [5.74, 6) is -0.145. The van der Waals surface area contributed by atoms with Gasteiger partial charge in [-0.3, -0.25) is 4.79 Å². The Bertz CT molecular complexity index is 862. The van der Waals surface area contributed by atoms with E-state index in [2.05, 4.69) is 16.0 Å². The molecule has 4 N–H and O–H groups in total. The molecule has 148 valence electrons. The minimum Gasteiger partial charge on any atom is -0.390 e. The summed E-state index contributed by atoms with van der Waals surface area (Å²) in [6.07, 6.45) is 0.712. The van der Waals surface area contributed by atoms with Crippen molar-refractivity contribution in [1.29, 1.82) is 0 Å². The van der Waals surface area contributed by atoms with Crippen LogP contribution in [0.15, 0.2) is 48.5 Å². The number of benzene rings is 2. The average Bonchev–Trinajstić information content (AvgIpc) is 2.97. The van der Waals surface area contributed by atoms with E-state index in [9.17, 15) is 14.7 Å². The summed E-state index contributed by atoms with van der Waals surface area (Å²) in [6.45, 7) is 5.97. The molecule has 0 saturated carbocycles. The number of carbonyl (C=O) groups excluding carboxylic acids is 2. The quantitative estimate of drug-likeness (QED) is 0.640. The third-order valence-electron chi connectivity index (χ3n) is 5.23. The first kappa shape index (κ1) is 19.9. The molecule has 0 unspecified atom stereocenters. The normalized spacial score (nSPS) is 18.3. The van der Waals surface area contributed by atoms with E-state index in [1.54, 1.807) is 24.3 Å². The van der Waals surface area contributed by atoms with E-state index in [1.807, 2.05) is 45.0 Å². The van der Waals surface area contributed by atoms with E-state index in [0.29, 0.717) is 17.7 Å². The van der Waals surface area contributed by atoms with Crippen LogP contribution in [-0.2, 0) is 6.42 Å². The van der Waals surface area contributed by atoms with Gasteiger partial charge in [-0.1, -0.05) is 31.2 Å². The Hall–Kier alpha value is -2.86. The molecule has 0 aliphatic heterocycles. The number of nitrogens with one attached hydrogen (secondary N) is 3. The average molecular weight is 381 g/mol. The molecule has 1 aliphatic carbocycles. The third-order valence-corrected chi connectivity index (χ3v) is 5.23. The van der Waals surface area contributed by atoms with Crippen LogP contribution < -0.4 is 16.0 Å². The fourth-order valence-corrected chi connectivity index (χ4v) is 3.23. The molecule has 0 aromatic heterocycles. The number of aliphatic hydroxyl groups is 1. The van der Waals surface area contributed by atoms with Crippen molar-refractivity contribution in [2.75, 3.05) is 5.32 Å². The lowest BCUT2D eigenvalue weighted by molar-refractivity contribution is 0.0911. The Balaban J connectivity index is 1.60. The monoisotopic (exact) mass is 381 g/mol. The van der Waals surface area contributed by atoms with Gasteiger partial charge in [0.1, 0.15) is 0 Å². The van der Waals surface area contributed by atoms with E-state index in [1.165, 1.54) is 0 Å². The molecule has 28 heavy (non-hydrogen) atoms. The van der Waals surface area contributed by atoms with Gasteiger partial charge in [-0.05, 0) is 55.7 Å². The Morgan fingerprint density at radius 3 is 2.46 bits per heavy atom. The van der Waals surface area contributed by atoms with Gasteiger partial charge in [0.2, 0.25) is 0 Å². The Labute approximate surface area is 165 Å². The van der Waals surface area contributed by atoms with Crippen LogP contribution in [0.4, 0.5) is 10.5 Å². The molecular weight excluding hydrogens is 354 g/mol. The number of hydrogen-bond donors (Lipinski definition) is 4. The largest absolute Gasteiger partial charge is 0.390 e. The molecule has 1 aliphatic rings. The van der Waals surface area contributed by atoms with Crippen molar-refractivity contribution in [2.45, 2.75) is 51.3 Å². The van der Waals surface area contributed by atoms with Gasteiger partial charge in [-0.15, -0.1) is 0 Å². The molecule has 3 amide bonds. The summed E-state index contributed by atoms with van der Waals surface area (Å²) < 4.78 is 0. The highest BCUT2D eigenvalue weighted by Gasteiger charge is 2.31. The molecule has 0 saturated heterocycles. The highest BCUT2D eigenvalue weighted by Crippen LogP contribution is 2.31. The van der Waals surface area contributed by atoms with E-state index < -0.39 is 18.2 Å². The summed E-state index contributed by atoms with van der Waals surface area (Å²) in [4.78, 5) is 24.7. The van der Waals surface area contributed by atoms with Crippen LogP contribution in [0.2, 0.25) is 0 Å². The highest BCUT2D eigenvalue weighted by atomic mass is 16.3. The molecule has 0 spiro atoms. The Morgan fingerprint density at radius 2 is 1.79 bits per heavy atom. The smallest absolute Gasteiger partial charge is 0.319 e. The summed E-state index contributed by atoms with van der Waals surface area (Å²) in [7, 11) is 0. The second kappa shape index (κ2) is 8.02. The van der Waals surface area contributed by atoms with Gasteiger partial charge in [0.25, 0.3) is 5.91 Å². The Morgan fingerprint density at radius 1 is 1.11 bits per heavy atom. The van der Waals surface area contributed by atoms with Crippen LogP contribution in [-0.4, -0.2) is 28.7 Å². The van der Waals surface area contributed by atoms with Gasteiger partial charge in [-0.25, -0.2) is 4.79 Å². The van der Waals surface area contributed by atoms with Crippen LogP contribution in [0, 0.1) is 0 Å². The zero-order valence-electron chi connectivity index (χ0n) is 16.5. The van der Waals surface area contributed by atoms with Crippen molar-refractivity contribution < 1.29 is 14.7 Å². The van der Waals surface area contributed by atoms with Gasteiger partial charge in [0, 0.05) is 23.2 Å². The van der Waals surface area contributed by atoms with Crippen LogP contribution in [0.25, 0.3) is 0 Å². The lowest BCUT2D eigenvalue weighted by Crippen LogP contribution is -2.42. The molecule has 6 heteroatoms. The predicted molar refractivity (Wildman–Crippen MR) is 109 cm³/mol. The maximum absolute atomic E-state index is 12.4. The molecule has 2 aromatic carbocycles. The number of fused-ring (bicyclic) bond motifs is 1. The van der Waals surface area contributed by atoms with Crippen molar-refractivity contribution in [3.63, 3.8) is 0 Å². The van der Waals surface area contributed by atoms with Crippen LogP contribution >= 0.6 is 0 Å². The van der Waals surface area contributed by atoms with E-state index in [4.69, 9.17) is 0 Å². The second-order valence-electron chi connectivity index (χ2n) is 7.82. The zero-order valence-corrected chi connectivity index (χ0v) is 16.5. The lowest BCUT2D eigenvalue weighted by atomic mass is 10.0. The van der Waals surface area contributed by atoms with Gasteiger partial charge >= 0.3 is 6.03 Å². The van der Waals surface area contributed by atoms with Crippen LogP contribution in [0.1, 0.15) is 54.7 Å². The first-order valence-corrected chi connectivity index (χ1v) is 9.55. The number of urea groups is 1. The number of aliphatic hydroxyl groups excluding tert-OH is 1. The number of hydrogen-bond acceptors (Lipinski definition) is 3. The summed E-state index contributed by atoms with van der Waals surface area (Å²) in [6, 6.07) is 13.6. The summed E-state index contributed by atoms with van der Waals surface area (Å²) in [5, 5.41) is 18.8. The molecule has 6 nitrogen and oxygen atoms in total. The van der Waals surface area contributed by atoms with Gasteiger partial charge in [-0.2, -0.15) is 0 Å². The van der Waals surface area contributed by atoms with Crippen LogP contribution in [0.3, 0.4) is 0 Å². The van der Waals surface area contributed by atoms with Crippen molar-refractivity contribution in [3.8, 4) is 0 Å². The van der Waals surface area contributed by atoms with Crippen molar-refractivity contribution >= 4 is 17.6 Å². The highest BCUT2D eigenvalue weighted by molar-refractivity contribution is 5.96. The van der Waals surface area contributed by atoms with E-state index in [-0.39, 0.29) is 11.4 Å². The first-order chi connectivity index (χ1) is 13.3. The predicted octanol–water partition coefficient (Wildman–Crippen LogP) is 3.38. The van der Waals surface area contributed by atoms with Gasteiger partial charge < -0.3 is 21.1 Å². The first-order valence-electron chi connectivity index (χ1n) is 9.55. The molecule has 0 fully saturated rings.